The van der Waals surface area contributed by atoms with Gasteiger partial charge in [0.05, 0.1) is 17.6 Å². The van der Waals surface area contributed by atoms with Crippen LogP contribution in [0.2, 0.25) is 0 Å². The molecule has 29 heavy (non-hydrogen) atoms. The number of carboxylic acids is 1. The first-order valence-corrected chi connectivity index (χ1v) is 9.95. The second-order valence-electron chi connectivity index (χ2n) is 6.36. The molecule has 0 bridgehead atoms. The van der Waals surface area contributed by atoms with Gasteiger partial charge in [-0.3, -0.25) is 14.2 Å². The summed E-state index contributed by atoms with van der Waals surface area (Å²) in [4.78, 5) is 42.0. The highest BCUT2D eigenvalue weighted by atomic mass is 32.1. The summed E-state index contributed by atoms with van der Waals surface area (Å²) in [5, 5.41) is 13.6. The normalized spacial score (nSPS) is 11.0. The number of methoxy groups -OCH3 is 1. The number of para-hydroxylation sites is 1. The van der Waals surface area contributed by atoms with Crippen molar-refractivity contribution in [3.05, 3.63) is 57.0 Å². The van der Waals surface area contributed by atoms with Crippen molar-refractivity contribution in [2.75, 3.05) is 19.0 Å². The maximum absolute atomic E-state index is 13.1. The SMILES string of the molecule is CCc1ccccc1NC(=O)Cn1c(CCOC)nc2scc(C(=O)O)c2c1=O. The van der Waals surface area contributed by atoms with E-state index in [2.05, 4.69) is 10.3 Å². The predicted octanol–water partition coefficient (Wildman–Crippen LogP) is 2.55. The number of fused-ring (bicyclic) bond motifs is 1. The van der Waals surface area contributed by atoms with Gasteiger partial charge >= 0.3 is 5.97 Å². The second kappa shape index (κ2) is 8.97. The molecule has 0 fully saturated rings. The number of hydrogen-bond acceptors (Lipinski definition) is 6. The van der Waals surface area contributed by atoms with Crippen molar-refractivity contribution in [1.82, 2.24) is 9.55 Å². The lowest BCUT2D eigenvalue weighted by atomic mass is 10.1. The summed E-state index contributed by atoms with van der Waals surface area (Å²) < 4.78 is 6.31. The summed E-state index contributed by atoms with van der Waals surface area (Å²) in [5.74, 6) is -1.21. The molecule has 0 unspecified atom stereocenters. The number of ether oxygens (including phenoxy) is 1. The Labute approximate surface area is 170 Å². The number of aryl methyl sites for hydroxylation is 1. The first-order chi connectivity index (χ1) is 14.0. The number of thiophene rings is 1. The maximum Gasteiger partial charge on any atom is 0.337 e. The van der Waals surface area contributed by atoms with Gasteiger partial charge < -0.3 is 15.2 Å². The average Bonchev–Trinajstić information content (AvgIpc) is 3.13. The van der Waals surface area contributed by atoms with Crippen molar-refractivity contribution in [3.63, 3.8) is 0 Å². The Morgan fingerprint density at radius 2 is 2.07 bits per heavy atom. The monoisotopic (exact) mass is 415 g/mol. The molecular formula is C20H21N3O5S. The van der Waals surface area contributed by atoms with Gasteiger partial charge in [-0.25, -0.2) is 9.78 Å². The number of carbonyl (C=O) groups excluding carboxylic acids is 1. The van der Waals surface area contributed by atoms with Gasteiger partial charge in [-0.15, -0.1) is 11.3 Å². The second-order valence-corrected chi connectivity index (χ2v) is 7.21. The van der Waals surface area contributed by atoms with E-state index in [0.717, 1.165) is 23.3 Å². The number of aromatic nitrogens is 2. The zero-order chi connectivity index (χ0) is 21.0. The largest absolute Gasteiger partial charge is 0.478 e. The number of anilines is 1. The Hall–Kier alpha value is -3.04. The molecule has 0 aliphatic rings. The summed E-state index contributed by atoms with van der Waals surface area (Å²) in [6.45, 7) is 2.03. The van der Waals surface area contributed by atoms with Crippen molar-refractivity contribution < 1.29 is 19.4 Å². The molecule has 0 spiro atoms. The van der Waals surface area contributed by atoms with Crippen molar-refractivity contribution >= 4 is 39.1 Å². The highest BCUT2D eigenvalue weighted by molar-refractivity contribution is 7.17. The highest BCUT2D eigenvalue weighted by Gasteiger charge is 2.21. The fraction of sp³-hybridized carbons (Fsp3) is 0.300. The maximum atomic E-state index is 13.1. The molecule has 2 heterocycles. The van der Waals surface area contributed by atoms with Gasteiger partial charge in [0.25, 0.3) is 5.56 Å². The molecule has 152 valence electrons. The molecule has 2 aromatic heterocycles. The van der Waals surface area contributed by atoms with Gasteiger partial charge in [0.1, 0.15) is 17.2 Å². The topological polar surface area (TPSA) is 111 Å². The fourth-order valence-electron chi connectivity index (χ4n) is 3.05. The van der Waals surface area contributed by atoms with Crippen molar-refractivity contribution in [1.29, 1.82) is 0 Å². The standard InChI is InChI=1S/C20H21N3O5S/c1-3-12-6-4-5-7-14(12)21-16(24)10-23-15(8-9-28-2)22-18-17(19(23)25)13(11-29-18)20(26)27/h4-7,11H,3,8-10H2,1-2H3,(H,21,24)(H,26,27). The van der Waals surface area contributed by atoms with Crippen LogP contribution in [0.3, 0.4) is 0 Å². The van der Waals surface area contributed by atoms with Crippen LogP contribution in [-0.2, 0) is 28.9 Å². The first kappa shape index (κ1) is 20.7. The van der Waals surface area contributed by atoms with E-state index < -0.39 is 11.5 Å². The van der Waals surface area contributed by atoms with Gasteiger partial charge in [0, 0.05) is 24.6 Å². The van der Waals surface area contributed by atoms with E-state index in [1.807, 2.05) is 25.1 Å². The van der Waals surface area contributed by atoms with E-state index in [4.69, 9.17) is 4.74 Å². The van der Waals surface area contributed by atoms with Crippen LogP contribution in [-0.4, -0.2) is 40.3 Å². The number of aromatic carboxylic acids is 1. The molecule has 9 heteroatoms. The van der Waals surface area contributed by atoms with Crippen molar-refractivity contribution in [2.24, 2.45) is 0 Å². The zero-order valence-electron chi connectivity index (χ0n) is 16.1. The van der Waals surface area contributed by atoms with E-state index in [1.165, 1.54) is 17.1 Å². The van der Waals surface area contributed by atoms with Crippen LogP contribution in [0.15, 0.2) is 34.4 Å². The molecule has 0 atom stereocenters. The first-order valence-electron chi connectivity index (χ1n) is 9.07. The lowest BCUT2D eigenvalue weighted by molar-refractivity contribution is -0.116. The number of amides is 1. The summed E-state index contributed by atoms with van der Waals surface area (Å²) in [7, 11) is 1.53. The number of nitrogens with zero attached hydrogens (tertiary/aromatic N) is 2. The molecular weight excluding hydrogens is 394 g/mol. The summed E-state index contributed by atoms with van der Waals surface area (Å²) in [6, 6.07) is 7.44. The van der Waals surface area contributed by atoms with Crippen LogP contribution < -0.4 is 10.9 Å². The molecule has 3 aromatic rings. The third kappa shape index (κ3) is 4.36. The minimum atomic E-state index is -1.20. The molecule has 0 aliphatic heterocycles. The summed E-state index contributed by atoms with van der Waals surface area (Å²) >= 11 is 1.09. The Morgan fingerprint density at radius 1 is 1.31 bits per heavy atom. The van der Waals surface area contributed by atoms with E-state index in [1.54, 1.807) is 6.07 Å². The fourth-order valence-corrected chi connectivity index (χ4v) is 3.98. The molecule has 2 N–H and O–H groups in total. The van der Waals surface area contributed by atoms with E-state index in [0.29, 0.717) is 29.4 Å². The lowest BCUT2D eigenvalue weighted by Gasteiger charge is -2.14. The average molecular weight is 415 g/mol. The Balaban J connectivity index is 2.00. The van der Waals surface area contributed by atoms with Crippen LogP contribution in [0, 0.1) is 0 Å². The number of hydrogen-bond donors (Lipinski definition) is 2. The van der Waals surface area contributed by atoms with Gasteiger partial charge in [-0.05, 0) is 18.1 Å². The van der Waals surface area contributed by atoms with Crippen LogP contribution in [0.5, 0.6) is 0 Å². The number of rotatable bonds is 8. The van der Waals surface area contributed by atoms with Crippen LogP contribution in [0.1, 0.15) is 28.7 Å². The van der Waals surface area contributed by atoms with Crippen LogP contribution >= 0.6 is 11.3 Å². The third-order valence-electron chi connectivity index (χ3n) is 4.51. The molecule has 0 radical (unpaired) electrons. The predicted molar refractivity (Wildman–Crippen MR) is 111 cm³/mol. The smallest absolute Gasteiger partial charge is 0.337 e. The quantitative estimate of drug-likeness (QED) is 0.585. The number of carbonyl (C=O) groups is 2. The Bertz CT molecular complexity index is 1120. The van der Waals surface area contributed by atoms with E-state index in [9.17, 15) is 19.5 Å². The Morgan fingerprint density at radius 3 is 2.76 bits per heavy atom. The molecule has 8 nitrogen and oxygen atoms in total. The number of benzene rings is 1. The van der Waals surface area contributed by atoms with Gasteiger partial charge in [0.2, 0.25) is 5.91 Å². The lowest BCUT2D eigenvalue weighted by Crippen LogP contribution is -2.32. The summed E-state index contributed by atoms with van der Waals surface area (Å²) in [5.41, 5.74) is 1.01. The van der Waals surface area contributed by atoms with Crippen LogP contribution in [0.4, 0.5) is 5.69 Å². The third-order valence-corrected chi connectivity index (χ3v) is 5.38. The number of nitrogens with one attached hydrogen (secondary N) is 1. The van der Waals surface area contributed by atoms with Gasteiger partial charge in [0.15, 0.2) is 0 Å². The molecule has 0 aliphatic carbocycles. The highest BCUT2D eigenvalue weighted by Crippen LogP contribution is 2.22. The van der Waals surface area contributed by atoms with E-state index >= 15 is 0 Å². The number of carboxylic acid groups (broad SMARTS) is 1. The molecule has 3 rings (SSSR count). The van der Waals surface area contributed by atoms with Crippen molar-refractivity contribution in [2.45, 2.75) is 26.3 Å². The molecule has 1 amide bonds. The zero-order valence-corrected chi connectivity index (χ0v) is 16.9. The molecule has 0 saturated carbocycles. The van der Waals surface area contributed by atoms with Gasteiger partial charge in [-0.1, -0.05) is 25.1 Å². The molecule has 1 aromatic carbocycles. The van der Waals surface area contributed by atoms with Crippen molar-refractivity contribution in [3.8, 4) is 0 Å². The van der Waals surface area contributed by atoms with Gasteiger partial charge in [-0.2, -0.15) is 0 Å². The van der Waals surface area contributed by atoms with Crippen LogP contribution in [0.25, 0.3) is 10.2 Å². The molecule has 0 saturated heterocycles. The minimum absolute atomic E-state index is 0.0189. The minimum Gasteiger partial charge on any atom is -0.478 e. The van der Waals surface area contributed by atoms with E-state index in [-0.39, 0.29) is 23.4 Å². The Kier molecular flexibility index (Phi) is 6.40. The summed E-state index contributed by atoms with van der Waals surface area (Å²) in [6.07, 6.45) is 1.07.